The van der Waals surface area contributed by atoms with Crippen LogP contribution in [0.5, 0.6) is 0 Å². The topological polar surface area (TPSA) is 75.4 Å². The first kappa shape index (κ1) is 17.8. The zero-order chi connectivity index (χ0) is 15.7. The Bertz CT molecular complexity index is 606. The van der Waals surface area contributed by atoms with Crippen LogP contribution in [0, 0.1) is 5.92 Å². The summed E-state index contributed by atoms with van der Waals surface area (Å²) in [4.78, 5) is 26.3. The fourth-order valence-electron chi connectivity index (χ4n) is 3.38. The van der Waals surface area contributed by atoms with Crippen molar-refractivity contribution in [2.75, 3.05) is 18.9 Å². The lowest BCUT2D eigenvalue weighted by molar-refractivity contribution is -0.120. The molecule has 1 aliphatic heterocycles. The fourth-order valence-corrected chi connectivity index (χ4v) is 3.38. The number of benzene rings is 1. The second-order valence-electron chi connectivity index (χ2n) is 6.46. The Balaban J connectivity index is 0.00000192. The van der Waals surface area contributed by atoms with Crippen molar-refractivity contribution < 1.29 is 9.59 Å². The SMILES string of the molecule is CN1CCc2ccc(NC(=O)C3CCCC(N)C3)cc2C1=O.Cl. The molecule has 1 saturated carbocycles. The number of likely N-dealkylation sites (N-methyl/N-ethyl adjacent to an activating group) is 1. The number of hydrogen-bond acceptors (Lipinski definition) is 3. The van der Waals surface area contributed by atoms with Crippen LogP contribution in [0.15, 0.2) is 18.2 Å². The molecule has 1 aromatic carbocycles. The van der Waals surface area contributed by atoms with Gasteiger partial charge >= 0.3 is 0 Å². The standard InChI is InChI=1S/C17H23N3O2.ClH/c1-20-8-7-11-5-6-14(10-15(11)17(20)22)19-16(21)12-3-2-4-13(18)9-12;/h5-6,10,12-13H,2-4,7-9,18H2,1H3,(H,19,21);1H. The van der Waals surface area contributed by atoms with Crippen LogP contribution in [0.3, 0.4) is 0 Å². The number of hydrogen-bond donors (Lipinski definition) is 2. The minimum absolute atomic E-state index is 0. The van der Waals surface area contributed by atoms with E-state index in [0.717, 1.165) is 44.2 Å². The number of carbonyl (C=O) groups excluding carboxylic acids is 2. The summed E-state index contributed by atoms with van der Waals surface area (Å²) in [5, 5.41) is 2.95. The van der Waals surface area contributed by atoms with Gasteiger partial charge in [-0.25, -0.2) is 0 Å². The van der Waals surface area contributed by atoms with E-state index in [4.69, 9.17) is 5.73 Å². The highest BCUT2D eigenvalue weighted by Gasteiger charge is 2.26. The van der Waals surface area contributed by atoms with Crippen molar-refractivity contribution in [2.45, 2.75) is 38.1 Å². The molecule has 2 atom stereocenters. The highest BCUT2D eigenvalue weighted by atomic mass is 35.5. The van der Waals surface area contributed by atoms with Gasteiger partial charge in [0.25, 0.3) is 5.91 Å². The van der Waals surface area contributed by atoms with Crippen LogP contribution in [-0.4, -0.2) is 36.3 Å². The van der Waals surface area contributed by atoms with Crippen molar-refractivity contribution in [3.8, 4) is 0 Å². The Kier molecular flexibility index (Phi) is 5.65. The molecular weight excluding hydrogens is 314 g/mol. The largest absolute Gasteiger partial charge is 0.341 e. The number of amides is 2. The molecule has 126 valence electrons. The maximum atomic E-state index is 12.4. The van der Waals surface area contributed by atoms with Gasteiger partial charge in [0.05, 0.1) is 0 Å². The van der Waals surface area contributed by atoms with Gasteiger partial charge in [-0.1, -0.05) is 12.5 Å². The van der Waals surface area contributed by atoms with Crippen LogP contribution in [-0.2, 0) is 11.2 Å². The van der Waals surface area contributed by atoms with Crippen molar-refractivity contribution in [1.82, 2.24) is 4.90 Å². The molecule has 0 saturated heterocycles. The van der Waals surface area contributed by atoms with Crippen molar-refractivity contribution in [1.29, 1.82) is 0 Å². The van der Waals surface area contributed by atoms with E-state index in [0.29, 0.717) is 11.3 Å². The smallest absolute Gasteiger partial charge is 0.253 e. The predicted octanol–water partition coefficient (Wildman–Crippen LogP) is 2.19. The highest BCUT2D eigenvalue weighted by Crippen LogP contribution is 2.26. The summed E-state index contributed by atoms with van der Waals surface area (Å²) in [6.07, 6.45) is 4.52. The van der Waals surface area contributed by atoms with Crippen molar-refractivity contribution in [3.63, 3.8) is 0 Å². The van der Waals surface area contributed by atoms with Crippen LogP contribution < -0.4 is 11.1 Å². The van der Waals surface area contributed by atoms with E-state index < -0.39 is 0 Å². The molecule has 1 aromatic rings. The number of anilines is 1. The van der Waals surface area contributed by atoms with Gasteiger partial charge in [0.1, 0.15) is 0 Å². The molecule has 5 nitrogen and oxygen atoms in total. The predicted molar refractivity (Wildman–Crippen MR) is 92.9 cm³/mol. The molecule has 2 aliphatic rings. The van der Waals surface area contributed by atoms with E-state index in [9.17, 15) is 9.59 Å². The zero-order valence-corrected chi connectivity index (χ0v) is 14.2. The molecule has 1 fully saturated rings. The molecule has 0 spiro atoms. The summed E-state index contributed by atoms with van der Waals surface area (Å²) >= 11 is 0. The number of rotatable bonds is 2. The van der Waals surface area contributed by atoms with Crippen LogP contribution in [0.1, 0.15) is 41.6 Å². The monoisotopic (exact) mass is 337 g/mol. The Morgan fingerprint density at radius 1 is 1.35 bits per heavy atom. The quantitative estimate of drug-likeness (QED) is 0.868. The lowest BCUT2D eigenvalue weighted by atomic mass is 9.85. The van der Waals surface area contributed by atoms with E-state index in [1.54, 1.807) is 18.0 Å². The second kappa shape index (κ2) is 7.32. The van der Waals surface area contributed by atoms with Crippen LogP contribution >= 0.6 is 12.4 Å². The van der Waals surface area contributed by atoms with Crippen molar-refractivity contribution in [2.24, 2.45) is 11.7 Å². The molecule has 0 radical (unpaired) electrons. The van der Waals surface area contributed by atoms with Gasteiger partial charge in [0.15, 0.2) is 0 Å². The Hall–Kier alpha value is -1.59. The minimum atomic E-state index is -0.0156. The lowest BCUT2D eigenvalue weighted by Gasteiger charge is -2.27. The van der Waals surface area contributed by atoms with Crippen molar-refractivity contribution >= 4 is 29.9 Å². The van der Waals surface area contributed by atoms with Crippen LogP contribution in [0.25, 0.3) is 0 Å². The maximum Gasteiger partial charge on any atom is 0.253 e. The first-order valence-electron chi connectivity index (χ1n) is 7.99. The van der Waals surface area contributed by atoms with E-state index in [-0.39, 0.29) is 36.2 Å². The van der Waals surface area contributed by atoms with E-state index in [1.807, 2.05) is 12.1 Å². The third kappa shape index (κ3) is 3.85. The number of nitrogens with one attached hydrogen (secondary N) is 1. The molecule has 0 bridgehead atoms. The summed E-state index contributed by atoms with van der Waals surface area (Å²) in [6, 6.07) is 5.76. The third-order valence-corrected chi connectivity index (χ3v) is 4.76. The lowest BCUT2D eigenvalue weighted by Crippen LogP contribution is -2.35. The fraction of sp³-hybridized carbons (Fsp3) is 0.529. The van der Waals surface area contributed by atoms with Crippen LogP contribution in [0.4, 0.5) is 5.69 Å². The first-order chi connectivity index (χ1) is 10.5. The zero-order valence-electron chi connectivity index (χ0n) is 13.4. The molecule has 3 N–H and O–H groups in total. The Morgan fingerprint density at radius 2 is 2.13 bits per heavy atom. The minimum Gasteiger partial charge on any atom is -0.341 e. The van der Waals surface area contributed by atoms with Gasteiger partial charge in [-0.3, -0.25) is 9.59 Å². The molecule has 3 rings (SSSR count). The van der Waals surface area contributed by atoms with E-state index in [1.165, 1.54) is 0 Å². The molecule has 1 heterocycles. The normalized spacial score (nSPS) is 23.7. The number of nitrogens with zero attached hydrogens (tertiary/aromatic N) is 1. The molecule has 1 aliphatic carbocycles. The van der Waals surface area contributed by atoms with Gasteiger partial charge in [-0.15, -0.1) is 12.4 Å². The summed E-state index contributed by atoms with van der Waals surface area (Å²) < 4.78 is 0. The maximum absolute atomic E-state index is 12.4. The van der Waals surface area contributed by atoms with Gasteiger partial charge in [-0.05, 0) is 43.4 Å². The molecule has 2 amide bonds. The molecule has 23 heavy (non-hydrogen) atoms. The number of halogens is 1. The first-order valence-corrected chi connectivity index (χ1v) is 7.99. The van der Waals surface area contributed by atoms with Gasteiger partial charge in [-0.2, -0.15) is 0 Å². The Labute approximate surface area is 143 Å². The number of nitrogens with two attached hydrogens (primary N) is 1. The molecule has 2 unspecified atom stereocenters. The average molecular weight is 338 g/mol. The second-order valence-corrected chi connectivity index (χ2v) is 6.46. The molecule has 6 heteroatoms. The summed E-state index contributed by atoms with van der Waals surface area (Å²) in [7, 11) is 1.81. The number of carbonyl (C=O) groups is 2. The van der Waals surface area contributed by atoms with E-state index >= 15 is 0 Å². The third-order valence-electron chi connectivity index (χ3n) is 4.76. The number of fused-ring (bicyclic) bond motifs is 1. The molecular formula is C17H24ClN3O2. The average Bonchev–Trinajstić information content (AvgIpc) is 2.51. The molecule has 0 aromatic heterocycles. The van der Waals surface area contributed by atoms with Gasteiger partial charge < -0.3 is 16.0 Å². The summed E-state index contributed by atoms with van der Waals surface area (Å²) in [6.45, 7) is 0.748. The highest BCUT2D eigenvalue weighted by molar-refractivity contribution is 5.99. The van der Waals surface area contributed by atoms with E-state index in [2.05, 4.69) is 5.32 Å². The van der Waals surface area contributed by atoms with Crippen LogP contribution in [0.2, 0.25) is 0 Å². The Morgan fingerprint density at radius 3 is 2.87 bits per heavy atom. The summed E-state index contributed by atoms with van der Waals surface area (Å²) in [5.74, 6) is 0.0295. The van der Waals surface area contributed by atoms with Gasteiger partial charge in [0.2, 0.25) is 5.91 Å². The van der Waals surface area contributed by atoms with Gasteiger partial charge in [0, 0.05) is 36.8 Å². The van der Waals surface area contributed by atoms with Crippen molar-refractivity contribution in [3.05, 3.63) is 29.3 Å². The summed E-state index contributed by atoms with van der Waals surface area (Å²) in [5.41, 5.74) is 8.41.